The third-order valence-corrected chi connectivity index (χ3v) is 3.31. The lowest BCUT2D eigenvalue weighted by atomic mass is 10.2. The van der Waals surface area contributed by atoms with Gasteiger partial charge in [-0.1, -0.05) is 31.5 Å². The van der Waals surface area contributed by atoms with Crippen LogP contribution in [0.1, 0.15) is 31.9 Å². The van der Waals surface area contributed by atoms with E-state index in [2.05, 4.69) is 9.97 Å². The molecule has 94 valence electrons. The van der Waals surface area contributed by atoms with Crippen molar-refractivity contribution in [1.29, 1.82) is 0 Å². The Labute approximate surface area is 104 Å². The van der Waals surface area contributed by atoms with Gasteiger partial charge >= 0.3 is 0 Å². The summed E-state index contributed by atoms with van der Waals surface area (Å²) in [5.74, 6) is -1.12. The number of rotatable bonds is 6. The molecule has 0 aliphatic heterocycles. The zero-order valence-corrected chi connectivity index (χ0v) is 10.7. The van der Waals surface area contributed by atoms with Gasteiger partial charge in [0, 0.05) is 11.8 Å². The second-order valence-electron chi connectivity index (χ2n) is 3.76. The molecule has 0 amide bonds. The molecule has 0 unspecified atom stereocenters. The molecule has 0 aliphatic rings. The van der Waals surface area contributed by atoms with Crippen LogP contribution < -0.4 is 10.7 Å². The Hall–Kier alpha value is -1.30. The number of hydrogen-bond acceptors (Lipinski definition) is 5. The van der Waals surface area contributed by atoms with E-state index in [1.807, 2.05) is 6.92 Å². The maximum absolute atomic E-state index is 11.2. The first kappa shape index (κ1) is 13.8. The van der Waals surface area contributed by atoms with Gasteiger partial charge in [0.2, 0.25) is 0 Å². The summed E-state index contributed by atoms with van der Waals surface area (Å²) in [4.78, 5) is 28.7. The van der Waals surface area contributed by atoms with E-state index in [-0.39, 0.29) is 5.56 Å². The van der Waals surface area contributed by atoms with E-state index in [0.717, 1.165) is 24.6 Å². The van der Waals surface area contributed by atoms with Crippen molar-refractivity contribution in [2.24, 2.45) is 0 Å². The van der Waals surface area contributed by atoms with E-state index < -0.39 is 11.2 Å². The number of aromatic amines is 1. The molecule has 0 radical (unpaired) electrons. The maximum atomic E-state index is 11.2. The molecule has 0 aromatic carbocycles. The number of nitrogens with one attached hydrogen (secondary N) is 1. The highest BCUT2D eigenvalue weighted by Crippen LogP contribution is 2.22. The Morgan fingerprint density at radius 1 is 1.65 bits per heavy atom. The van der Waals surface area contributed by atoms with Crippen LogP contribution in [0.4, 0.5) is 0 Å². The number of carbonyl (C=O) groups is 1. The summed E-state index contributed by atoms with van der Waals surface area (Å²) < 4.78 is 0. The first-order valence-electron chi connectivity index (χ1n) is 5.48. The van der Waals surface area contributed by atoms with Crippen LogP contribution in [-0.4, -0.2) is 21.2 Å². The van der Waals surface area contributed by atoms with Gasteiger partial charge in [-0.05, 0) is 13.3 Å². The van der Waals surface area contributed by atoms with Crippen LogP contribution in [0.2, 0.25) is 0 Å². The number of aromatic nitrogens is 2. The molecule has 17 heavy (non-hydrogen) atoms. The summed E-state index contributed by atoms with van der Waals surface area (Å²) in [6.07, 6.45) is 2.24. The van der Waals surface area contributed by atoms with Crippen LogP contribution in [0.25, 0.3) is 0 Å². The lowest BCUT2D eigenvalue weighted by Gasteiger charge is -2.16. The Bertz CT molecular complexity index is 445. The van der Waals surface area contributed by atoms with Crippen LogP contribution in [0.15, 0.2) is 16.0 Å². The van der Waals surface area contributed by atoms with Gasteiger partial charge in [-0.25, -0.2) is 4.98 Å². The number of H-pyrrole nitrogens is 1. The molecule has 6 heteroatoms. The fraction of sp³-hybridized carbons (Fsp3) is 0.545. The molecular formula is C11H15N2O3S-. The van der Waals surface area contributed by atoms with Crippen molar-refractivity contribution in [1.82, 2.24) is 9.97 Å². The predicted octanol–water partition coefficient (Wildman–Crippen LogP) is 0.479. The van der Waals surface area contributed by atoms with Crippen LogP contribution in [0, 0.1) is 6.92 Å². The summed E-state index contributed by atoms with van der Waals surface area (Å²) in [7, 11) is 0. The summed E-state index contributed by atoms with van der Waals surface area (Å²) in [5, 5.41) is 10.6. The van der Waals surface area contributed by atoms with E-state index in [0.29, 0.717) is 17.3 Å². The average molecular weight is 255 g/mol. The zero-order chi connectivity index (χ0) is 12.8. The van der Waals surface area contributed by atoms with Crippen molar-refractivity contribution in [3.8, 4) is 0 Å². The highest BCUT2D eigenvalue weighted by molar-refractivity contribution is 8.00. The Morgan fingerprint density at radius 3 is 2.88 bits per heavy atom. The van der Waals surface area contributed by atoms with Crippen molar-refractivity contribution in [3.63, 3.8) is 0 Å². The second-order valence-corrected chi connectivity index (χ2v) is 4.95. The number of carbonyl (C=O) groups excluding carboxylic acids is 1. The number of carboxylic acids is 1. The molecule has 1 aromatic rings. The molecule has 0 spiro atoms. The van der Waals surface area contributed by atoms with Gasteiger partial charge in [-0.3, -0.25) is 4.79 Å². The molecule has 1 N–H and O–H groups in total. The minimum absolute atomic E-state index is 0.271. The number of unbranched alkanes of at least 4 members (excludes halogenated alkanes) is 1. The first-order chi connectivity index (χ1) is 8.02. The molecule has 0 bridgehead atoms. The quantitative estimate of drug-likeness (QED) is 0.590. The topological polar surface area (TPSA) is 85.9 Å². The third-order valence-electron chi connectivity index (χ3n) is 2.18. The van der Waals surface area contributed by atoms with E-state index >= 15 is 0 Å². The minimum atomic E-state index is -1.12. The van der Waals surface area contributed by atoms with E-state index in [9.17, 15) is 14.7 Å². The SMILES string of the molecule is CCCC[C@H](Sc1nc(C)cc(=O)[nH]1)C(=O)[O-]. The molecule has 0 fully saturated rings. The third kappa shape index (κ3) is 4.60. The molecule has 5 nitrogen and oxygen atoms in total. The molecule has 1 aromatic heterocycles. The minimum Gasteiger partial charge on any atom is -0.549 e. The van der Waals surface area contributed by atoms with Crippen LogP contribution in [-0.2, 0) is 4.79 Å². The lowest BCUT2D eigenvalue weighted by Crippen LogP contribution is -2.33. The molecule has 0 saturated carbocycles. The number of carboxylic acid groups (broad SMARTS) is 1. The zero-order valence-electron chi connectivity index (χ0n) is 9.86. The fourth-order valence-corrected chi connectivity index (χ4v) is 2.36. The normalized spacial score (nSPS) is 12.4. The average Bonchev–Trinajstić information content (AvgIpc) is 2.22. The summed E-state index contributed by atoms with van der Waals surface area (Å²) >= 11 is 1.04. The molecule has 1 heterocycles. The molecular weight excluding hydrogens is 240 g/mol. The van der Waals surface area contributed by atoms with Gasteiger partial charge in [-0.15, -0.1) is 0 Å². The van der Waals surface area contributed by atoms with Crippen LogP contribution in [0.3, 0.4) is 0 Å². The van der Waals surface area contributed by atoms with Crippen molar-refractivity contribution in [2.45, 2.75) is 43.5 Å². The fourth-order valence-electron chi connectivity index (χ4n) is 1.36. The summed E-state index contributed by atoms with van der Waals surface area (Å²) in [6, 6.07) is 1.37. The highest BCUT2D eigenvalue weighted by atomic mass is 32.2. The van der Waals surface area contributed by atoms with Gasteiger partial charge in [0.25, 0.3) is 5.56 Å². The van der Waals surface area contributed by atoms with E-state index in [1.165, 1.54) is 6.07 Å². The Balaban J connectivity index is 2.78. The van der Waals surface area contributed by atoms with Crippen molar-refractivity contribution < 1.29 is 9.90 Å². The van der Waals surface area contributed by atoms with Gasteiger partial charge < -0.3 is 14.9 Å². The Kier molecular flexibility index (Phi) is 5.21. The van der Waals surface area contributed by atoms with Crippen molar-refractivity contribution in [2.75, 3.05) is 0 Å². The van der Waals surface area contributed by atoms with E-state index in [4.69, 9.17) is 0 Å². The number of nitrogens with zero attached hydrogens (tertiary/aromatic N) is 1. The van der Waals surface area contributed by atoms with E-state index in [1.54, 1.807) is 6.92 Å². The smallest absolute Gasteiger partial charge is 0.251 e. The van der Waals surface area contributed by atoms with Crippen LogP contribution in [0.5, 0.6) is 0 Å². The summed E-state index contributed by atoms with van der Waals surface area (Å²) in [6.45, 7) is 3.68. The lowest BCUT2D eigenvalue weighted by molar-refractivity contribution is -0.304. The Morgan fingerprint density at radius 2 is 2.35 bits per heavy atom. The van der Waals surface area contributed by atoms with Crippen molar-refractivity contribution in [3.05, 3.63) is 22.1 Å². The number of thioether (sulfide) groups is 1. The van der Waals surface area contributed by atoms with Crippen LogP contribution >= 0.6 is 11.8 Å². The predicted molar refractivity (Wildman–Crippen MR) is 63.8 cm³/mol. The standard InChI is InChI=1S/C11H16N2O3S/c1-3-4-5-8(10(15)16)17-11-12-7(2)6-9(14)13-11/h6,8H,3-5H2,1-2H3,(H,15,16)(H,12,13,14)/p-1/t8-/m0/s1. The maximum Gasteiger partial charge on any atom is 0.251 e. The largest absolute Gasteiger partial charge is 0.549 e. The number of aliphatic carboxylic acids is 1. The summed E-state index contributed by atoms with van der Waals surface area (Å²) in [5.41, 5.74) is 0.302. The first-order valence-corrected chi connectivity index (χ1v) is 6.36. The number of aryl methyl sites for hydroxylation is 1. The molecule has 1 rings (SSSR count). The monoisotopic (exact) mass is 255 g/mol. The highest BCUT2D eigenvalue weighted by Gasteiger charge is 2.13. The molecule has 0 aliphatic carbocycles. The second kappa shape index (κ2) is 6.44. The van der Waals surface area contributed by atoms with Crippen molar-refractivity contribution >= 4 is 17.7 Å². The van der Waals surface area contributed by atoms with Gasteiger partial charge in [-0.2, -0.15) is 0 Å². The number of hydrogen-bond donors (Lipinski definition) is 1. The molecule has 0 saturated heterocycles. The van der Waals surface area contributed by atoms with Gasteiger partial charge in [0.1, 0.15) is 0 Å². The molecule has 1 atom stereocenters. The van der Waals surface area contributed by atoms with Gasteiger partial charge in [0.05, 0.1) is 11.2 Å². The van der Waals surface area contributed by atoms with Gasteiger partial charge in [0.15, 0.2) is 5.16 Å².